The van der Waals surface area contributed by atoms with Crippen LogP contribution < -0.4 is 0 Å². The van der Waals surface area contributed by atoms with Gasteiger partial charge in [-0.2, -0.15) is 5.10 Å². The van der Waals surface area contributed by atoms with Crippen LogP contribution >= 0.6 is 23.1 Å². The van der Waals surface area contributed by atoms with E-state index in [0.29, 0.717) is 4.88 Å². The van der Waals surface area contributed by atoms with E-state index in [0.717, 1.165) is 46.0 Å². The van der Waals surface area contributed by atoms with Gasteiger partial charge in [0.15, 0.2) is 0 Å². The second-order valence-corrected chi connectivity index (χ2v) is 7.29. The molecule has 1 N–H and O–H groups in total. The van der Waals surface area contributed by atoms with Gasteiger partial charge in [-0.15, -0.1) is 23.1 Å². The Labute approximate surface area is 125 Å². The molecule has 0 amide bonds. The molecule has 6 heteroatoms. The van der Waals surface area contributed by atoms with Crippen LogP contribution in [0.3, 0.4) is 0 Å². The molecule has 0 spiro atoms. The molecule has 0 fully saturated rings. The first kappa shape index (κ1) is 13.7. The number of carbonyl (C=O) groups is 1. The molecule has 0 unspecified atom stereocenters. The molecule has 106 valence electrons. The van der Waals surface area contributed by atoms with E-state index in [4.69, 9.17) is 0 Å². The van der Waals surface area contributed by atoms with Crippen LogP contribution in [0, 0.1) is 0 Å². The van der Waals surface area contributed by atoms with Gasteiger partial charge in [-0.05, 0) is 36.1 Å². The van der Waals surface area contributed by atoms with Gasteiger partial charge in [-0.1, -0.05) is 6.92 Å². The lowest BCUT2D eigenvalue weighted by Gasteiger charge is -2.13. The normalized spacial score (nSPS) is 13.1. The first-order valence-electron chi connectivity index (χ1n) is 6.66. The lowest BCUT2D eigenvalue weighted by molar-refractivity contribution is 0.0701. The highest BCUT2D eigenvalue weighted by molar-refractivity contribution is 8.01. The molecule has 2 heterocycles. The largest absolute Gasteiger partial charge is 0.477 e. The molecule has 0 atom stereocenters. The van der Waals surface area contributed by atoms with Crippen LogP contribution in [0.4, 0.5) is 0 Å². The summed E-state index contributed by atoms with van der Waals surface area (Å²) in [6.07, 6.45) is 4.81. The van der Waals surface area contributed by atoms with E-state index >= 15 is 0 Å². The fourth-order valence-electron chi connectivity index (χ4n) is 2.58. The van der Waals surface area contributed by atoms with Crippen LogP contribution in [0.2, 0.25) is 0 Å². The summed E-state index contributed by atoms with van der Waals surface area (Å²) in [5.41, 5.74) is 4.27. The molecular weight excluding hydrogens is 292 g/mol. The van der Waals surface area contributed by atoms with Crippen molar-refractivity contribution in [1.82, 2.24) is 9.78 Å². The van der Waals surface area contributed by atoms with Crippen LogP contribution in [0.25, 0.3) is 11.3 Å². The standard InChI is InChI=1S/C14H16N2O2S2/c1-3-6-19-14-10-9(12(20-14)13(17)18)5-4-8-7-16(2)15-11(8)10/h7H,3-6H2,1-2H3,(H,17,18). The lowest BCUT2D eigenvalue weighted by atomic mass is 9.92. The number of aromatic carboxylic acids is 1. The number of thiophene rings is 1. The minimum Gasteiger partial charge on any atom is -0.477 e. The molecule has 0 radical (unpaired) electrons. The van der Waals surface area contributed by atoms with E-state index in [-0.39, 0.29) is 0 Å². The lowest BCUT2D eigenvalue weighted by Crippen LogP contribution is -2.05. The predicted molar refractivity (Wildman–Crippen MR) is 81.9 cm³/mol. The van der Waals surface area contributed by atoms with Crippen LogP contribution in [-0.4, -0.2) is 26.6 Å². The summed E-state index contributed by atoms with van der Waals surface area (Å²) in [5, 5.41) is 14.0. The number of rotatable bonds is 4. The average molecular weight is 308 g/mol. The molecule has 2 aromatic rings. The maximum Gasteiger partial charge on any atom is 0.346 e. The van der Waals surface area contributed by atoms with Crippen molar-refractivity contribution in [3.63, 3.8) is 0 Å². The second-order valence-electron chi connectivity index (χ2n) is 4.90. The summed E-state index contributed by atoms with van der Waals surface area (Å²) >= 11 is 3.16. The van der Waals surface area contributed by atoms with Crippen LogP contribution in [0.5, 0.6) is 0 Å². The van der Waals surface area contributed by atoms with E-state index in [9.17, 15) is 9.90 Å². The van der Waals surface area contributed by atoms with E-state index in [1.54, 1.807) is 11.8 Å². The Balaban J connectivity index is 2.16. The fraction of sp³-hybridized carbons (Fsp3) is 0.429. The number of carboxylic acid groups (broad SMARTS) is 1. The Morgan fingerprint density at radius 3 is 3.05 bits per heavy atom. The van der Waals surface area contributed by atoms with Crippen molar-refractivity contribution in [2.75, 3.05) is 5.75 Å². The topological polar surface area (TPSA) is 55.1 Å². The average Bonchev–Trinajstić information content (AvgIpc) is 2.95. The number of aromatic nitrogens is 2. The monoisotopic (exact) mass is 308 g/mol. The maximum absolute atomic E-state index is 11.5. The van der Waals surface area contributed by atoms with E-state index in [1.165, 1.54) is 16.9 Å². The zero-order valence-electron chi connectivity index (χ0n) is 11.5. The molecule has 0 saturated carbocycles. The molecule has 1 aliphatic carbocycles. The Morgan fingerprint density at radius 2 is 2.35 bits per heavy atom. The number of hydrogen-bond acceptors (Lipinski definition) is 4. The van der Waals surface area contributed by atoms with Crippen molar-refractivity contribution >= 4 is 29.1 Å². The first-order chi connectivity index (χ1) is 9.61. The van der Waals surface area contributed by atoms with Crippen molar-refractivity contribution < 1.29 is 9.90 Å². The molecule has 2 aromatic heterocycles. The number of nitrogens with zero attached hydrogens (tertiary/aromatic N) is 2. The quantitative estimate of drug-likeness (QED) is 0.879. The molecular formula is C14H16N2O2S2. The molecule has 1 aliphatic rings. The summed E-state index contributed by atoms with van der Waals surface area (Å²) < 4.78 is 2.94. The van der Waals surface area contributed by atoms with Crippen molar-refractivity contribution in [3.8, 4) is 11.3 Å². The van der Waals surface area contributed by atoms with Gasteiger partial charge in [0.2, 0.25) is 0 Å². The third kappa shape index (κ3) is 2.16. The summed E-state index contributed by atoms with van der Waals surface area (Å²) in [5.74, 6) is 0.197. The Hall–Kier alpha value is -1.27. The zero-order chi connectivity index (χ0) is 14.3. The van der Waals surface area contributed by atoms with Gasteiger partial charge < -0.3 is 5.11 Å². The minimum atomic E-state index is -0.811. The van der Waals surface area contributed by atoms with Crippen LogP contribution in [0.1, 0.15) is 34.1 Å². The van der Waals surface area contributed by atoms with Gasteiger partial charge in [0, 0.05) is 18.8 Å². The third-order valence-corrected chi connectivity index (χ3v) is 6.09. The smallest absolute Gasteiger partial charge is 0.346 e. The molecule has 0 saturated heterocycles. The zero-order valence-corrected chi connectivity index (χ0v) is 13.1. The summed E-state index contributed by atoms with van der Waals surface area (Å²) in [6.45, 7) is 2.14. The first-order valence-corrected chi connectivity index (χ1v) is 8.46. The fourth-order valence-corrected chi connectivity index (χ4v) is 4.99. The summed E-state index contributed by atoms with van der Waals surface area (Å²) in [4.78, 5) is 11.9. The van der Waals surface area contributed by atoms with Crippen molar-refractivity contribution in [3.05, 3.63) is 22.2 Å². The SMILES string of the molecule is CCCSc1sc(C(=O)O)c2c1-c1nn(C)cc1CC2. The summed E-state index contributed by atoms with van der Waals surface area (Å²) in [7, 11) is 1.92. The highest BCUT2D eigenvalue weighted by Crippen LogP contribution is 2.46. The minimum absolute atomic E-state index is 0.495. The number of carboxylic acids is 1. The van der Waals surface area contributed by atoms with E-state index in [2.05, 4.69) is 12.0 Å². The molecule has 4 nitrogen and oxygen atoms in total. The Kier molecular flexibility index (Phi) is 3.60. The van der Waals surface area contributed by atoms with Gasteiger partial charge >= 0.3 is 5.97 Å². The van der Waals surface area contributed by atoms with Gasteiger partial charge in [-0.3, -0.25) is 4.68 Å². The number of aryl methyl sites for hydroxylation is 2. The molecule has 3 rings (SSSR count). The second kappa shape index (κ2) is 5.26. The van der Waals surface area contributed by atoms with Gasteiger partial charge in [0.25, 0.3) is 0 Å². The van der Waals surface area contributed by atoms with Crippen LogP contribution in [0.15, 0.2) is 10.4 Å². The number of thioether (sulfide) groups is 1. The molecule has 0 bridgehead atoms. The van der Waals surface area contributed by atoms with Crippen molar-refractivity contribution in [1.29, 1.82) is 0 Å². The Bertz CT molecular complexity index is 673. The third-order valence-electron chi connectivity index (χ3n) is 3.39. The number of fused-ring (bicyclic) bond motifs is 3. The van der Waals surface area contributed by atoms with E-state index in [1.807, 2.05) is 17.9 Å². The predicted octanol–water partition coefficient (Wildman–Crippen LogP) is 3.45. The van der Waals surface area contributed by atoms with Crippen molar-refractivity contribution in [2.45, 2.75) is 30.4 Å². The molecule has 0 aliphatic heterocycles. The highest BCUT2D eigenvalue weighted by Gasteiger charge is 2.29. The highest BCUT2D eigenvalue weighted by atomic mass is 32.2. The van der Waals surface area contributed by atoms with Gasteiger partial charge in [-0.25, -0.2) is 4.79 Å². The maximum atomic E-state index is 11.5. The van der Waals surface area contributed by atoms with Gasteiger partial charge in [0.05, 0.1) is 9.90 Å². The van der Waals surface area contributed by atoms with Gasteiger partial charge in [0.1, 0.15) is 4.88 Å². The molecule has 0 aromatic carbocycles. The van der Waals surface area contributed by atoms with E-state index < -0.39 is 5.97 Å². The number of hydrogen-bond donors (Lipinski definition) is 1. The van der Waals surface area contributed by atoms with Crippen LogP contribution in [-0.2, 0) is 19.9 Å². The summed E-state index contributed by atoms with van der Waals surface area (Å²) in [6, 6.07) is 0. The molecule has 20 heavy (non-hydrogen) atoms. The Morgan fingerprint density at radius 1 is 1.55 bits per heavy atom. The van der Waals surface area contributed by atoms with Crippen molar-refractivity contribution in [2.24, 2.45) is 7.05 Å².